The molecular formula is H6Br4LiN. The third-order valence-electron chi connectivity index (χ3n) is 0. The zero-order chi connectivity index (χ0) is 0. The standard InChI is InChI=1S/4BrH.Li.H3N/h4*1H;;1H3/q;;;;+1;/p-1. The molecule has 6 heteroatoms. The van der Waals surface area contributed by atoms with E-state index in [0.29, 0.717) is 0 Å². The summed E-state index contributed by atoms with van der Waals surface area (Å²) in [6.45, 7) is 0. The molecule has 0 radical (unpaired) electrons. The summed E-state index contributed by atoms with van der Waals surface area (Å²) in [7, 11) is 0. The van der Waals surface area contributed by atoms with E-state index in [4.69, 9.17) is 0 Å². The molecule has 0 spiro atoms. The molecule has 0 atom stereocenters. The molecule has 0 fully saturated rings. The molecular weight excluding hydrogens is 341 g/mol. The first-order chi connectivity index (χ1) is 0. The monoisotopic (exact) mass is 343 g/mol. The van der Waals surface area contributed by atoms with E-state index >= 15 is 0 Å². The molecule has 0 aliphatic heterocycles. The predicted molar refractivity (Wildman–Crippen MR) is 36.0 cm³/mol. The molecule has 6 heavy (non-hydrogen) atoms. The molecule has 0 saturated heterocycles. The van der Waals surface area contributed by atoms with Gasteiger partial charge in [-0.15, -0.1) is 50.9 Å². The second kappa shape index (κ2) is 51.1. The average Bonchev–Trinajstić information content (AvgIpc) is 0. The first-order valence-corrected chi connectivity index (χ1v) is 0. The van der Waals surface area contributed by atoms with Gasteiger partial charge < -0.3 is 23.1 Å². The Balaban J connectivity index is 0. The molecule has 0 aromatic carbocycles. The van der Waals surface area contributed by atoms with Crippen LogP contribution in [0.5, 0.6) is 0 Å². The molecule has 40 valence electrons. The first kappa shape index (κ1) is 77.2. The van der Waals surface area contributed by atoms with Crippen molar-refractivity contribution in [3.05, 3.63) is 0 Å². The van der Waals surface area contributed by atoms with Crippen molar-refractivity contribution in [1.82, 2.24) is 6.15 Å². The van der Waals surface area contributed by atoms with Crippen LogP contribution in [-0.4, -0.2) is 0 Å². The molecule has 0 unspecified atom stereocenters. The van der Waals surface area contributed by atoms with Crippen molar-refractivity contribution in [1.29, 1.82) is 0 Å². The molecule has 1 nitrogen and oxygen atoms in total. The third-order valence-corrected chi connectivity index (χ3v) is 0. The number of rotatable bonds is 0. The molecule has 0 bridgehead atoms. The van der Waals surface area contributed by atoms with Gasteiger partial charge in [-0.1, -0.05) is 0 Å². The Morgan fingerprint density at radius 3 is 0.667 bits per heavy atom. The van der Waals surface area contributed by atoms with Crippen LogP contribution < -0.4 is 42.0 Å². The fourth-order valence-corrected chi connectivity index (χ4v) is 0. The van der Waals surface area contributed by atoms with E-state index in [1.54, 1.807) is 0 Å². The van der Waals surface area contributed by atoms with Gasteiger partial charge in [0.25, 0.3) is 0 Å². The average molecular weight is 347 g/mol. The summed E-state index contributed by atoms with van der Waals surface area (Å²) >= 11 is 0. The van der Waals surface area contributed by atoms with Crippen LogP contribution in [0.4, 0.5) is 0 Å². The van der Waals surface area contributed by atoms with Gasteiger partial charge in [0.05, 0.1) is 0 Å². The van der Waals surface area contributed by atoms with Crippen LogP contribution in [0.25, 0.3) is 0 Å². The van der Waals surface area contributed by atoms with Crippen LogP contribution >= 0.6 is 50.9 Å². The first-order valence-electron chi connectivity index (χ1n) is 0. The van der Waals surface area contributed by atoms with Crippen LogP contribution in [0.2, 0.25) is 0 Å². The van der Waals surface area contributed by atoms with Gasteiger partial charge in [-0.3, -0.25) is 0 Å². The molecule has 0 aromatic heterocycles. The zero-order valence-electron chi connectivity index (χ0n) is 3.31. The van der Waals surface area contributed by atoms with E-state index < -0.39 is 0 Å². The molecule has 0 rings (SSSR count). The van der Waals surface area contributed by atoms with E-state index in [0.717, 1.165) is 0 Å². The summed E-state index contributed by atoms with van der Waals surface area (Å²) < 4.78 is 0. The Morgan fingerprint density at radius 2 is 0.667 bits per heavy atom. The van der Waals surface area contributed by atoms with E-state index in [-0.39, 0.29) is 92.9 Å². The van der Waals surface area contributed by atoms with Crippen molar-refractivity contribution in [3.8, 4) is 0 Å². The minimum atomic E-state index is 0. The van der Waals surface area contributed by atoms with Crippen LogP contribution in [0.15, 0.2) is 0 Å². The van der Waals surface area contributed by atoms with Gasteiger partial charge in [-0.2, -0.15) is 0 Å². The molecule has 0 aliphatic carbocycles. The number of halogens is 4. The Kier molecular flexibility index (Phi) is 658. The van der Waals surface area contributed by atoms with Gasteiger partial charge in [0.15, 0.2) is 0 Å². The maximum absolute atomic E-state index is 0. The summed E-state index contributed by atoms with van der Waals surface area (Å²) in [6, 6.07) is 0. The fourth-order valence-electron chi connectivity index (χ4n) is 0. The van der Waals surface area contributed by atoms with Gasteiger partial charge >= 0.3 is 18.9 Å². The third kappa shape index (κ3) is 31.7. The van der Waals surface area contributed by atoms with Crippen molar-refractivity contribution >= 4 is 50.9 Å². The van der Waals surface area contributed by atoms with Gasteiger partial charge in [0.2, 0.25) is 0 Å². The molecule has 0 saturated carbocycles. The summed E-state index contributed by atoms with van der Waals surface area (Å²) in [5, 5.41) is 0. The van der Waals surface area contributed by atoms with Gasteiger partial charge in [-0.05, 0) is 0 Å². The van der Waals surface area contributed by atoms with Crippen LogP contribution in [0.3, 0.4) is 0 Å². The summed E-state index contributed by atoms with van der Waals surface area (Å²) in [6.07, 6.45) is 0. The Hall–Kier alpha value is 2.48. The molecule has 3 N–H and O–H groups in total. The second-order valence-corrected chi connectivity index (χ2v) is 0. The quantitative estimate of drug-likeness (QED) is 0.445. The maximum Gasteiger partial charge on any atom is 1.00 e. The van der Waals surface area contributed by atoms with E-state index in [1.807, 2.05) is 0 Å². The second-order valence-electron chi connectivity index (χ2n) is 0. The van der Waals surface area contributed by atoms with Crippen LogP contribution in [-0.2, 0) is 0 Å². The fraction of sp³-hybridized carbons (Fsp3) is 0. The van der Waals surface area contributed by atoms with Crippen molar-refractivity contribution in [2.75, 3.05) is 0 Å². The summed E-state index contributed by atoms with van der Waals surface area (Å²) in [5.41, 5.74) is 0. The van der Waals surface area contributed by atoms with E-state index in [2.05, 4.69) is 0 Å². The number of hydrogen-bond acceptors (Lipinski definition) is 1. The van der Waals surface area contributed by atoms with Gasteiger partial charge in [0, 0.05) is 0 Å². The molecule has 0 amide bonds. The molecule has 0 aliphatic rings. The molecule has 0 aromatic rings. The van der Waals surface area contributed by atoms with E-state index in [9.17, 15) is 0 Å². The topological polar surface area (TPSA) is 35.0 Å². The van der Waals surface area contributed by atoms with Gasteiger partial charge in [0.1, 0.15) is 0 Å². The summed E-state index contributed by atoms with van der Waals surface area (Å²) in [4.78, 5) is 0. The van der Waals surface area contributed by atoms with Crippen LogP contribution in [0.1, 0.15) is 0 Å². The maximum atomic E-state index is 0. The minimum Gasteiger partial charge on any atom is -1.00 e. The summed E-state index contributed by atoms with van der Waals surface area (Å²) in [5.74, 6) is 0. The van der Waals surface area contributed by atoms with Crippen molar-refractivity contribution in [2.24, 2.45) is 0 Å². The zero-order valence-corrected chi connectivity index (χ0v) is 10.0. The van der Waals surface area contributed by atoms with Crippen molar-refractivity contribution < 1.29 is 35.8 Å². The van der Waals surface area contributed by atoms with Crippen LogP contribution in [0, 0.1) is 0 Å². The largest absolute Gasteiger partial charge is 1.00 e. The molecule has 0 heterocycles. The minimum absolute atomic E-state index is 0. The Morgan fingerprint density at radius 1 is 0.667 bits per heavy atom. The Bertz CT molecular complexity index is 7.51. The predicted octanol–water partition coefficient (Wildman–Crippen LogP) is -4.10. The van der Waals surface area contributed by atoms with Crippen molar-refractivity contribution in [2.45, 2.75) is 0 Å². The Labute approximate surface area is 91.9 Å². The normalized spacial score (nSPS) is 0. The van der Waals surface area contributed by atoms with Crippen molar-refractivity contribution in [3.63, 3.8) is 0 Å². The smallest absolute Gasteiger partial charge is 1.00 e. The van der Waals surface area contributed by atoms with Gasteiger partial charge in [-0.25, -0.2) is 0 Å². The van der Waals surface area contributed by atoms with E-state index in [1.165, 1.54) is 0 Å². The SMILES string of the molecule is Br.Br.Br.N.[Br-].[Li+]. The number of hydrogen-bond donors (Lipinski definition) is 1.